The molecule has 1 heterocycles. The smallest absolute Gasteiger partial charge is 0.410 e. The van der Waals surface area contributed by atoms with Gasteiger partial charge >= 0.3 is 6.09 Å². The monoisotopic (exact) mass is 263 g/mol. The van der Waals surface area contributed by atoms with Crippen LogP contribution in [-0.2, 0) is 0 Å². The maximum atomic E-state index is 12.1. The SMILES string of the molecule is NC(=NO)C1CCCCN1C(=O)Oc1ccccc1. The van der Waals surface area contributed by atoms with Gasteiger partial charge in [0.05, 0.1) is 6.04 Å². The normalized spacial score (nSPS) is 20.1. The number of hydrogen-bond acceptors (Lipinski definition) is 4. The van der Waals surface area contributed by atoms with Gasteiger partial charge in [0.1, 0.15) is 5.75 Å². The Bertz CT molecular complexity index is 461. The van der Waals surface area contributed by atoms with Crippen LogP contribution in [0.3, 0.4) is 0 Å². The molecule has 1 aromatic carbocycles. The third kappa shape index (κ3) is 3.15. The molecular formula is C13H17N3O3. The number of para-hydroxylation sites is 1. The average Bonchev–Trinajstić information content (AvgIpc) is 2.47. The molecule has 1 aliphatic heterocycles. The molecule has 0 bridgehead atoms. The van der Waals surface area contributed by atoms with E-state index in [0.29, 0.717) is 18.7 Å². The number of amides is 1. The van der Waals surface area contributed by atoms with E-state index in [1.54, 1.807) is 24.3 Å². The fraction of sp³-hybridized carbons (Fsp3) is 0.385. The van der Waals surface area contributed by atoms with Crippen molar-refractivity contribution in [2.24, 2.45) is 10.9 Å². The Morgan fingerprint density at radius 1 is 1.37 bits per heavy atom. The summed E-state index contributed by atoms with van der Waals surface area (Å²) in [6, 6.07) is 8.45. The van der Waals surface area contributed by atoms with E-state index < -0.39 is 12.1 Å². The van der Waals surface area contributed by atoms with Crippen molar-refractivity contribution < 1.29 is 14.7 Å². The van der Waals surface area contributed by atoms with Crippen LogP contribution in [0, 0.1) is 0 Å². The highest BCUT2D eigenvalue weighted by molar-refractivity contribution is 5.88. The summed E-state index contributed by atoms with van der Waals surface area (Å²) in [5, 5.41) is 11.8. The average molecular weight is 263 g/mol. The van der Waals surface area contributed by atoms with Crippen molar-refractivity contribution >= 4 is 11.9 Å². The van der Waals surface area contributed by atoms with E-state index in [0.717, 1.165) is 12.8 Å². The van der Waals surface area contributed by atoms with Crippen molar-refractivity contribution in [2.45, 2.75) is 25.3 Å². The van der Waals surface area contributed by atoms with E-state index in [1.165, 1.54) is 4.90 Å². The Labute approximate surface area is 111 Å². The van der Waals surface area contributed by atoms with Crippen LogP contribution in [0.1, 0.15) is 19.3 Å². The van der Waals surface area contributed by atoms with Crippen molar-refractivity contribution in [2.75, 3.05) is 6.54 Å². The van der Waals surface area contributed by atoms with Gasteiger partial charge in [0.15, 0.2) is 5.84 Å². The summed E-state index contributed by atoms with van der Waals surface area (Å²) < 4.78 is 5.27. The van der Waals surface area contributed by atoms with Crippen LogP contribution in [0.2, 0.25) is 0 Å². The van der Waals surface area contributed by atoms with Gasteiger partial charge < -0.3 is 15.7 Å². The molecule has 0 aromatic heterocycles. The van der Waals surface area contributed by atoms with Gasteiger partial charge in [-0.25, -0.2) is 4.79 Å². The maximum absolute atomic E-state index is 12.1. The van der Waals surface area contributed by atoms with Gasteiger partial charge in [-0.1, -0.05) is 23.4 Å². The summed E-state index contributed by atoms with van der Waals surface area (Å²) in [5.74, 6) is 0.529. The molecule has 0 aliphatic carbocycles. The van der Waals surface area contributed by atoms with E-state index in [9.17, 15) is 4.79 Å². The number of piperidine rings is 1. The summed E-state index contributed by atoms with van der Waals surface area (Å²) in [7, 11) is 0. The summed E-state index contributed by atoms with van der Waals surface area (Å²) in [5.41, 5.74) is 5.62. The van der Waals surface area contributed by atoms with Gasteiger partial charge in [-0.15, -0.1) is 0 Å². The largest absolute Gasteiger partial charge is 0.415 e. The topological polar surface area (TPSA) is 88.2 Å². The summed E-state index contributed by atoms with van der Waals surface area (Å²) in [6.07, 6.45) is 2.04. The van der Waals surface area contributed by atoms with E-state index in [4.69, 9.17) is 15.7 Å². The Balaban J connectivity index is 2.07. The molecule has 2 rings (SSSR count). The van der Waals surface area contributed by atoms with Crippen LogP contribution in [-0.4, -0.2) is 34.6 Å². The van der Waals surface area contributed by atoms with Crippen molar-refractivity contribution in [3.63, 3.8) is 0 Å². The number of carbonyl (C=O) groups is 1. The van der Waals surface area contributed by atoms with Crippen molar-refractivity contribution in [1.29, 1.82) is 0 Å². The van der Waals surface area contributed by atoms with Crippen molar-refractivity contribution in [3.05, 3.63) is 30.3 Å². The van der Waals surface area contributed by atoms with Crippen LogP contribution >= 0.6 is 0 Å². The van der Waals surface area contributed by atoms with Gasteiger partial charge in [-0.05, 0) is 31.4 Å². The van der Waals surface area contributed by atoms with E-state index in [2.05, 4.69) is 5.16 Å². The summed E-state index contributed by atoms with van der Waals surface area (Å²) in [6.45, 7) is 0.548. The first kappa shape index (κ1) is 13.2. The minimum atomic E-state index is -0.470. The predicted molar refractivity (Wildman–Crippen MR) is 70.2 cm³/mol. The molecule has 102 valence electrons. The van der Waals surface area contributed by atoms with Crippen LogP contribution in [0.25, 0.3) is 0 Å². The predicted octanol–water partition coefficient (Wildman–Crippen LogP) is 1.79. The molecule has 1 aliphatic rings. The Morgan fingerprint density at radius 3 is 2.79 bits per heavy atom. The van der Waals surface area contributed by atoms with Crippen LogP contribution in [0.5, 0.6) is 5.75 Å². The number of likely N-dealkylation sites (tertiary alicyclic amines) is 1. The molecule has 1 amide bonds. The number of amidine groups is 1. The lowest BCUT2D eigenvalue weighted by Gasteiger charge is -2.33. The van der Waals surface area contributed by atoms with E-state index >= 15 is 0 Å². The zero-order valence-electron chi connectivity index (χ0n) is 10.5. The number of hydrogen-bond donors (Lipinski definition) is 2. The number of oxime groups is 1. The lowest BCUT2D eigenvalue weighted by molar-refractivity contribution is 0.129. The molecule has 1 unspecified atom stereocenters. The Kier molecular flexibility index (Phi) is 4.22. The molecule has 0 saturated carbocycles. The molecule has 6 nitrogen and oxygen atoms in total. The van der Waals surface area contributed by atoms with Gasteiger partial charge in [0, 0.05) is 6.54 Å². The Hall–Kier alpha value is -2.24. The van der Waals surface area contributed by atoms with Crippen molar-refractivity contribution in [1.82, 2.24) is 4.90 Å². The molecule has 1 fully saturated rings. The number of rotatable bonds is 2. The Morgan fingerprint density at radius 2 is 2.11 bits per heavy atom. The second-order valence-corrected chi connectivity index (χ2v) is 4.41. The lowest BCUT2D eigenvalue weighted by atomic mass is 10.0. The quantitative estimate of drug-likeness (QED) is 0.368. The van der Waals surface area contributed by atoms with E-state index in [1.807, 2.05) is 6.07 Å². The standard InChI is InChI=1S/C13H17N3O3/c14-12(15-18)11-8-4-5-9-16(11)13(17)19-10-6-2-1-3-7-10/h1-3,6-7,11,18H,4-5,8-9H2,(H2,14,15). The zero-order valence-corrected chi connectivity index (χ0v) is 10.5. The number of carbonyl (C=O) groups excluding carboxylic acids is 1. The number of nitrogens with zero attached hydrogens (tertiary/aromatic N) is 2. The zero-order chi connectivity index (χ0) is 13.7. The van der Waals surface area contributed by atoms with Crippen LogP contribution in [0.15, 0.2) is 35.5 Å². The highest BCUT2D eigenvalue weighted by Crippen LogP contribution is 2.19. The summed E-state index contributed by atoms with van der Waals surface area (Å²) >= 11 is 0. The molecule has 3 N–H and O–H groups in total. The molecule has 1 aromatic rings. The lowest BCUT2D eigenvalue weighted by Crippen LogP contribution is -2.51. The van der Waals surface area contributed by atoms with Gasteiger partial charge in [-0.2, -0.15) is 0 Å². The molecule has 1 saturated heterocycles. The molecule has 6 heteroatoms. The fourth-order valence-electron chi connectivity index (χ4n) is 2.17. The minimum Gasteiger partial charge on any atom is -0.410 e. The van der Waals surface area contributed by atoms with Crippen LogP contribution in [0.4, 0.5) is 4.79 Å². The highest BCUT2D eigenvalue weighted by Gasteiger charge is 2.31. The second-order valence-electron chi connectivity index (χ2n) is 4.41. The van der Waals surface area contributed by atoms with Gasteiger partial charge in [-0.3, -0.25) is 4.90 Å². The number of benzene rings is 1. The van der Waals surface area contributed by atoms with Gasteiger partial charge in [0.2, 0.25) is 0 Å². The third-order valence-electron chi connectivity index (χ3n) is 3.14. The molecule has 0 spiro atoms. The second kappa shape index (κ2) is 6.08. The first-order chi connectivity index (χ1) is 9.22. The minimum absolute atomic E-state index is 0.0460. The first-order valence-corrected chi connectivity index (χ1v) is 6.23. The molecule has 19 heavy (non-hydrogen) atoms. The van der Waals surface area contributed by atoms with Crippen molar-refractivity contribution in [3.8, 4) is 5.75 Å². The third-order valence-corrected chi connectivity index (χ3v) is 3.14. The van der Waals surface area contributed by atoms with Gasteiger partial charge in [0.25, 0.3) is 0 Å². The number of ether oxygens (including phenoxy) is 1. The summed E-state index contributed by atoms with van der Waals surface area (Å²) in [4.78, 5) is 13.6. The maximum Gasteiger partial charge on any atom is 0.415 e. The van der Waals surface area contributed by atoms with Crippen LogP contribution < -0.4 is 10.5 Å². The highest BCUT2D eigenvalue weighted by atomic mass is 16.6. The molecule has 1 atom stereocenters. The van der Waals surface area contributed by atoms with E-state index in [-0.39, 0.29) is 5.84 Å². The fourth-order valence-corrected chi connectivity index (χ4v) is 2.17. The molecule has 0 radical (unpaired) electrons. The first-order valence-electron chi connectivity index (χ1n) is 6.23. The number of nitrogens with two attached hydrogens (primary N) is 1. The molecular weight excluding hydrogens is 246 g/mol.